The van der Waals surface area contributed by atoms with Crippen molar-refractivity contribution in [3.8, 4) is 0 Å². The number of carbonyl (C=O) groups is 1. The van der Waals surface area contributed by atoms with Gasteiger partial charge in [-0.1, -0.05) is 20.3 Å². The largest absolute Gasteiger partial charge is 0.384 e. The zero-order valence-corrected chi connectivity index (χ0v) is 13.0. The lowest BCUT2D eigenvalue weighted by Crippen LogP contribution is -2.32. The summed E-state index contributed by atoms with van der Waals surface area (Å²) in [6.45, 7) is 4.83. The third-order valence-electron chi connectivity index (χ3n) is 3.48. The summed E-state index contributed by atoms with van der Waals surface area (Å²) in [5.41, 5.74) is 7.25. The zero-order valence-electron chi connectivity index (χ0n) is 12.2. The predicted octanol–water partition coefficient (Wildman–Crippen LogP) is 2.80. The van der Waals surface area contributed by atoms with E-state index in [-0.39, 0.29) is 11.8 Å². The molecular weight excluding hydrogens is 270 g/mol. The Bertz CT molecular complexity index is 470. The van der Waals surface area contributed by atoms with Crippen LogP contribution in [-0.4, -0.2) is 28.4 Å². The standard InChI is InChI=1S/C15H23N3OS/c1-10(2)13-7-11(8-14(16)18-13)15(19)17-9-12-5-3-4-6-20-12/h7-8,10,12H,3-6,9H2,1-2H3,(H2,16,18)(H,17,19). The molecule has 0 aromatic carbocycles. The smallest absolute Gasteiger partial charge is 0.251 e. The Hall–Kier alpha value is -1.23. The van der Waals surface area contributed by atoms with Crippen LogP contribution in [0.2, 0.25) is 0 Å². The topological polar surface area (TPSA) is 68.0 Å². The minimum absolute atomic E-state index is 0.0489. The second kappa shape index (κ2) is 6.97. The van der Waals surface area contributed by atoms with Gasteiger partial charge in [-0.15, -0.1) is 0 Å². The molecule has 2 rings (SSSR count). The van der Waals surface area contributed by atoms with Crippen molar-refractivity contribution in [3.05, 3.63) is 23.4 Å². The van der Waals surface area contributed by atoms with Gasteiger partial charge in [-0.05, 0) is 36.6 Å². The Morgan fingerprint density at radius 2 is 2.30 bits per heavy atom. The number of nitrogens with one attached hydrogen (secondary N) is 1. The van der Waals surface area contributed by atoms with E-state index in [1.54, 1.807) is 6.07 Å². The minimum Gasteiger partial charge on any atom is -0.384 e. The quantitative estimate of drug-likeness (QED) is 0.895. The minimum atomic E-state index is -0.0489. The summed E-state index contributed by atoms with van der Waals surface area (Å²) in [4.78, 5) is 16.5. The van der Waals surface area contributed by atoms with Gasteiger partial charge in [0.2, 0.25) is 0 Å². The molecule has 1 amide bonds. The summed E-state index contributed by atoms with van der Waals surface area (Å²) in [7, 11) is 0. The van der Waals surface area contributed by atoms with Crippen LogP contribution in [0.3, 0.4) is 0 Å². The average Bonchev–Trinajstić information content (AvgIpc) is 2.45. The fourth-order valence-corrected chi connectivity index (χ4v) is 3.52. The molecule has 1 aromatic heterocycles. The molecule has 1 aliphatic heterocycles. The molecule has 1 aliphatic rings. The molecule has 4 nitrogen and oxygen atoms in total. The number of amides is 1. The van der Waals surface area contributed by atoms with Gasteiger partial charge in [-0.2, -0.15) is 11.8 Å². The summed E-state index contributed by atoms with van der Waals surface area (Å²) < 4.78 is 0. The van der Waals surface area contributed by atoms with E-state index in [2.05, 4.69) is 10.3 Å². The van der Waals surface area contributed by atoms with Crippen LogP contribution in [0.15, 0.2) is 12.1 Å². The molecule has 1 unspecified atom stereocenters. The first kappa shape index (κ1) is 15.2. The van der Waals surface area contributed by atoms with Crippen molar-refractivity contribution >= 4 is 23.5 Å². The first-order valence-electron chi connectivity index (χ1n) is 7.23. The summed E-state index contributed by atoms with van der Waals surface area (Å²) in [5.74, 6) is 1.83. The highest BCUT2D eigenvalue weighted by molar-refractivity contribution is 7.99. The van der Waals surface area contributed by atoms with Gasteiger partial charge in [-0.3, -0.25) is 4.79 Å². The van der Waals surface area contributed by atoms with E-state index in [0.29, 0.717) is 16.6 Å². The lowest BCUT2D eigenvalue weighted by molar-refractivity contribution is 0.0953. The molecule has 20 heavy (non-hydrogen) atoms. The highest BCUT2D eigenvalue weighted by atomic mass is 32.2. The van der Waals surface area contributed by atoms with Gasteiger partial charge in [0.1, 0.15) is 5.82 Å². The molecule has 1 aromatic rings. The Labute approximate surface area is 124 Å². The third kappa shape index (κ3) is 4.13. The van der Waals surface area contributed by atoms with Crippen molar-refractivity contribution in [3.63, 3.8) is 0 Å². The fraction of sp³-hybridized carbons (Fsp3) is 0.600. The molecule has 5 heteroatoms. The van der Waals surface area contributed by atoms with E-state index < -0.39 is 0 Å². The number of aromatic nitrogens is 1. The normalized spacial score (nSPS) is 19.1. The molecule has 0 radical (unpaired) electrons. The van der Waals surface area contributed by atoms with Crippen molar-refractivity contribution in [2.45, 2.75) is 44.3 Å². The van der Waals surface area contributed by atoms with E-state index >= 15 is 0 Å². The van der Waals surface area contributed by atoms with Crippen LogP contribution in [0.25, 0.3) is 0 Å². The second-order valence-electron chi connectivity index (χ2n) is 5.56. The number of carbonyl (C=O) groups excluding carboxylic acids is 1. The predicted molar refractivity (Wildman–Crippen MR) is 85.2 cm³/mol. The lowest BCUT2D eigenvalue weighted by atomic mass is 10.1. The van der Waals surface area contributed by atoms with Gasteiger partial charge in [0.25, 0.3) is 5.91 Å². The third-order valence-corrected chi connectivity index (χ3v) is 4.88. The van der Waals surface area contributed by atoms with E-state index in [1.165, 1.54) is 25.0 Å². The number of nitrogen functional groups attached to an aromatic ring is 1. The molecular formula is C15H23N3OS. The first-order valence-corrected chi connectivity index (χ1v) is 8.28. The van der Waals surface area contributed by atoms with Gasteiger partial charge in [0.05, 0.1) is 0 Å². The molecule has 2 heterocycles. The number of hydrogen-bond donors (Lipinski definition) is 2. The van der Waals surface area contributed by atoms with Gasteiger partial charge >= 0.3 is 0 Å². The van der Waals surface area contributed by atoms with Crippen LogP contribution >= 0.6 is 11.8 Å². The maximum absolute atomic E-state index is 12.2. The number of nitrogens with two attached hydrogens (primary N) is 1. The van der Waals surface area contributed by atoms with Crippen molar-refractivity contribution in [2.75, 3.05) is 18.0 Å². The van der Waals surface area contributed by atoms with E-state index in [9.17, 15) is 4.79 Å². The van der Waals surface area contributed by atoms with Crippen LogP contribution in [0.5, 0.6) is 0 Å². The lowest BCUT2D eigenvalue weighted by Gasteiger charge is -2.21. The van der Waals surface area contributed by atoms with Gasteiger partial charge < -0.3 is 11.1 Å². The Morgan fingerprint density at radius 3 is 2.95 bits per heavy atom. The van der Waals surface area contributed by atoms with Crippen molar-refractivity contribution < 1.29 is 4.79 Å². The van der Waals surface area contributed by atoms with Gasteiger partial charge in [0, 0.05) is 23.1 Å². The number of pyridine rings is 1. The van der Waals surface area contributed by atoms with Gasteiger partial charge in [-0.25, -0.2) is 4.98 Å². The summed E-state index contributed by atoms with van der Waals surface area (Å²) in [6.07, 6.45) is 3.77. The van der Waals surface area contributed by atoms with E-state index in [4.69, 9.17) is 5.73 Å². The molecule has 110 valence electrons. The molecule has 1 saturated heterocycles. The van der Waals surface area contributed by atoms with Crippen LogP contribution in [0.4, 0.5) is 5.82 Å². The SMILES string of the molecule is CC(C)c1cc(C(=O)NCC2CCCCS2)cc(N)n1. The Kier molecular flexibility index (Phi) is 5.29. The fourth-order valence-electron chi connectivity index (χ4n) is 2.28. The van der Waals surface area contributed by atoms with Crippen LogP contribution in [-0.2, 0) is 0 Å². The van der Waals surface area contributed by atoms with Crippen LogP contribution < -0.4 is 11.1 Å². The molecule has 0 spiro atoms. The van der Waals surface area contributed by atoms with Crippen molar-refractivity contribution in [1.29, 1.82) is 0 Å². The summed E-state index contributed by atoms with van der Waals surface area (Å²) in [6, 6.07) is 3.49. The second-order valence-corrected chi connectivity index (χ2v) is 6.97. The van der Waals surface area contributed by atoms with Crippen molar-refractivity contribution in [2.24, 2.45) is 0 Å². The molecule has 3 N–H and O–H groups in total. The number of anilines is 1. The summed E-state index contributed by atoms with van der Waals surface area (Å²) in [5, 5.41) is 3.57. The number of nitrogens with zero attached hydrogens (tertiary/aromatic N) is 1. The Balaban J connectivity index is 1.97. The molecule has 1 atom stereocenters. The maximum Gasteiger partial charge on any atom is 0.251 e. The monoisotopic (exact) mass is 293 g/mol. The van der Waals surface area contributed by atoms with Crippen LogP contribution in [0.1, 0.15) is 55.1 Å². The van der Waals surface area contributed by atoms with Crippen LogP contribution in [0, 0.1) is 0 Å². The molecule has 0 saturated carbocycles. The van der Waals surface area contributed by atoms with E-state index in [1.807, 2.05) is 31.7 Å². The number of hydrogen-bond acceptors (Lipinski definition) is 4. The van der Waals surface area contributed by atoms with Gasteiger partial charge in [0.15, 0.2) is 0 Å². The molecule has 0 bridgehead atoms. The molecule has 0 aliphatic carbocycles. The summed E-state index contributed by atoms with van der Waals surface area (Å²) >= 11 is 1.96. The average molecular weight is 293 g/mol. The maximum atomic E-state index is 12.2. The number of rotatable bonds is 4. The highest BCUT2D eigenvalue weighted by Crippen LogP contribution is 2.24. The Morgan fingerprint density at radius 1 is 1.50 bits per heavy atom. The molecule has 1 fully saturated rings. The first-order chi connectivity index (χ1) is 9.56. The van der Waals surface area contributed by atoms with Crippen molar-refractivity contribution in [1.82, 2.24) is 10.3 Å². The number of thioether (sulfide) groups is 1. The zero-order chi connectivity index (χ0) is 14.5. The van der Waals surface area contributed by atoms with E-state index in [0.717, 1.165) is 12.2 Å². The highest BCUT2D eigenvalue weighted by Gasteiger charge is 2.16.